The van der Waals surface area contributed by atoms with E-state index in [1.165, 1.54) is 0 Å². The molecule has 8 heteroatoms. The Labute approximate surface area is 88.4 Å². The maximum Gasteiger partial charge on any atom is 0.573 e. The molecule has 0 amide bonds. The van der Waals surface area contributed by atoms with Crippen LogP contribution in [0.15, 0.2) is 6.20 Å². The quantitative estimate of drug-likeness (QED) is 0.798. The number of anilines is 2. The molecule has 0 saturated heterocycles. The molecule has 0 aliphatic carbocycles. The van der Waals surface area contributed by atoms with E-state index < -0.39 is 12.1 Å². The zero-order chi connectivity index (χ0) is 12.3. The average Bonchev–Trinajstić information content (AvgIpc) is 2.15. The summed E-state index contributed by atoms with van der Waals surface area (Å²) < 4.78 is 39.6. The molecule has 0 aliphatic heterocycles. The highest BCUT2D eigenvalue weighted by molar-refractivity contribution is 5.67. The molecule has 0 spiro atoms. The number of pyridine rings is 1. The van der Waals surface area contributed by atoms with Crippen LogP contribution in [0.2, 0.25) is 0 Å². The smallest absolute Gasteiger partial charge is 0.404 e. The second kappa shape index (κ2) is 4.14. The van der Waals surface area contributed by atoms with Crippen LogP contribution in [0.5, 0.6) is 5.75 Å². The van der Waals surface area contributed by atoms with Crippen molar-refractivity contribution in [2.24, 2.45) is 0 Å². The number of aromatic nitrogens is 1. The van der Waals surface area contributed by atoms with E-state index in [0.29, 0.717) is 0 Å². The van der Waals surface area contributed by atoms with E-state index >= 15 is 0 Å². The Bertz CT molecular complexity index is 438. The Morgan fingerprint density at radius 2 is 2.06 bits per heavy atom. The summed E-state index contributed by atoms with van der Waals surface area (Å²) in [6, 6.07) is 1.67. The van der Waals surface area contributed by atoms with E-state index in [1.54, 1.807) is 6.07 Å². The van der Waals surface area contributed by atoms with Crippen molar-refractivity contribution in [3.63, 3.8) is 0 Å². The van der Waals surface area contributed by atoms with Crippen LogP contribution in [0.3, 0.4) is 0 Å². The second-order valence-electron chi connectivity index (χ2n) is 2.78. The lowest BCUT2D eigenvalue weighted by atomic mass is 10.1. The summed E-state index contributed by atoms with van der Waals surface area (Å²) in [4.78, 5) is 3.42. The van der Waals surface area contributed by atoms with Gasteiger partial charge >= 0.3 is 6.36 Å². The lowest BCUT2D eigenvalue weighted by Crippen LogP contribution is -2.19. The molecule has 0 fully saturated rings. The van der Waals surface area contributed by atoms with E-state index in [0.717, 1.165) is 6.20 Å². The number of halogens is 3. The maximum absolute atomic E-state index is 12.0. The third kappa shape index (κ3) is 2.66. The molecular weight excluding hydrogens is 225 g/mol. The van der Waals surface area contributed by atoms with E-state index in [4.69, 9.17) is 16.7 Å². The molecule has 4 N–H and O–H groups in total. The summed E-state index contributed by atoms with van der Waals surface area (Å²) in [5, 5.41) is 8.45. The largest absolute Gasteiger partial charge is 0.573 e. The topological polar surface area (TPSA) is 97.9 Å². The molecule has 0 saturated carbocycles. The van der Waals surface area contributed by atoms with Gasteiger partial charge in [-0.15, -0.1) is 13.2 Å². The number of nitrogen functional groups attached to an aromatic ring is 2. The van der Waals surface area contributed by atoms with Crippen molar-refractivity contribution < 1.29 is 17.9 Å². The van der Waals surface area contributed by atoms with Gasteiger partial charge in [0.05, 0.1) is 24.4 Å². The summed E-state index contributed by atoms with van der Waals surface area (Å²) in [5.41, 5.74) is 10.4. The van der Waals surface area contributed by atoms with Gasteiger partial charge in [-0.1, -0.05) is 0 Å². The SMILES string of the molecule is N#CCc1c(OC(F)(F)F)cnc(N)c1N. The van der Waals surface area contributed by atoms with Gasteiger partial charge in [0, 0.05) is 5.56 Å². The van der Waals surface area contributed by atoms with Gasteiger partial charge in [0.25, 0.3) is 0 Å². The van der Waals surface area contributed by atoms with E-state index in [-0.39, 0.29) is 23.5 Å². The molecule has 1 aromatic heterocycles. The summed E-state index contributed by atoms with van der Waals surface area (Å²) in [5.74, 6) is -0.750. The fraction of sp³-hybridized carbons (Fsp3) is 0.250. The molecule has 86 valence electrons. The monoisotopic (exact) mass is 232 g/mol. The minimum atomic E-state index is -4.87. The van der Waals surface area contributed by atoms with Crippen LogP contribution in [0.1, 0.15) is 5.56 Å². The van der Waals surface area contributed by atoms with Crippen LogP contribution in [-0.4, -0.2) is 11.3 Å². The molecule has 5 nitrogen and oxygen atoms in total. The van der Waals surface area contributed by atoms with E-state index in [2.05, 4.69) is 9.72 Å². The summed E-state index contributed by atoms with van der Waals surface area (Å²) in [6.45, 7) is 0. The van der Waals surface area contributed by atoms with Gasteiger partial charge in [-0.2, -0.15) is 5.26 Å². The zero-order valence-corrected chi connectivity index (χ0v) is 7.88. The van der Waals surface area contributed by atoms with Crippen LogP contribution in [0.4, 0.5) is 24.7 Å². The number of nitrogens with zero attached hydrogens (tertiary/aromatic N) is 2. The Hall–Kier alpha value is -2.17. The maximum atomic E-state index is 12.0. The van der Waals surface area contributed by atoms with Gasteiger partial charge in [0.2, 0.25) is 0 Å². The zero-order valence-electron chi connectivity index (χ0n) is 7.88. The molecule has 1 aromatic rings. The van der Waals surface area contributed by atoms with Crippen molar-refractivity contribution >= 4 is 11.5 Å². The number of rotatable bonds is 2. The van der Waals surface area contributed by atoms with Crippen LogP contribution in [0.25, 0.3) is 0 Å². The van der Waals surface area contributed by atoms with E-state index in [1.807, 2.05) is 0 Å². The molecule has 0 unspecified atom stereocenters. The predicted molar refractivity (Wildman–Crippen MR) is 49.1 cm³/mol. The highest BCUT2D eigenvalue weighted by Gasteiger charge is 2.32. The van der Waals surface area contributed by atoms with Gasteiger partial charge in [-0.25, -0.2) is 4.98 Å². The minimum Gasteiger partial charge on any atom is -0.404 e. The van der Waals surface area contributed by atoms with Crippen molar-refractivity contribution in [1.82, 2.24) is 4.98 Å². The summed E-state index contributed by atoms with van der Waals surface area (Å²) in [7, 11) is 0. The molecule has 0 aliphatic rings. The first kappa shape index (κ1) is 11.9. The highest BCUT2D eigenvalue weighted by Crippen LogP contribution is 2.31. The minimum absolute atomic E-state index is 0.118. The van der Waals surface area contributed by atoms with Gasteiger partial charge < -0.3 is 16.2 Å². The Balaban J connectivity index is 3.19. The van der Waals surface area contributed by atoms with Crippen LogP contribution >= 0.6 is 0 Å². The first-order valence-corrected chi connectivity index (χ1v) is 4.00. The fourth-order valence-corrected chi connectivity index (χ4v) is 1.04. The number of nitrogens with two attached hydrogens (primary N) is 2. The van der Waals surface area contributed by atoms with Crippen LogP contribution in [-0.2, 0) is 6.42 Å². The fourth-order valence-electron chi connectivity index (χ4n) is 1.04. The molecule has 1 heterocycles. The van der Waals surface area contributed by atoms with Crippen molar-refractivity contribution in [3.05, 3.63) is 11.8 Å². The van der Waals surface area contributed by atoms with Crippen molar-refractivity contribution in [1.29, 1.82) is 5.26 Å². The average molecular weight is 232 g/mol. The molecule has 0 radical (unpaired) electrons. The normalized spacial score (nSPS) is 10.9. The van der Waals surface area contributed by atoms with Crippen molar-refractivity contribution in [2.45, 2.75) is 12.8 Å². The molecule has 0 bridgehead atoms. The second-order valence-corrected chi connectivity index (χ2v) is 2.78. The lowest BCUT2D eigenvalue weighted by Gasteiger charge is -2.13. The molecule has 0 aromatic carbocycles. The highest BCUT2D eigenvalue weighted by atomic mass is 19.4. The number of hydrogen-bond donors (Lipinski definition) is 2. The first-order valence-electron chi connectivity index (χ1n) is 4.00. The van der Waals surface area contributed by atoms with Gasteiger partial charge in [-0.05, 0) is 0 Å². The van der Waals surface area contributed by atoms with Crippen LogP contribution in [0, 0.1) is 11.3 Å². The lowest BCUT2D eigenvalue weighted by molar-refractivity contribution is -0.274. The van der Waals surface area contributed by atoms with Gasteiger partial charge in [-0.3, -0.25) is 0 Å². The number of alkyl halides is 3. The number of nitriles is 1. The summed E-state index contributed by atoms with van der Waals surface area (Å²) >= 11 is 0. The first-order chi connectivity index (χ1) is 7.35. The number of ether oxygens (including phenoxy) is 1. The van der Waals surface area contributed by atoms with E-state index in [9.17, 15) is 13.2 Å². The Morgan fingerprint density at radius 3 is 2.56 bits per heavy atom. The number of hydrogen-bond acceptors (Lipinski definition) is 5. The summed E-state index contributed by atoms with van der Waals surface area (Å²) in [6.07, 6.45) is -4.43. The Morgan fingerprint density at radius 1 is 1.44 bits per heavy atom. The van der Waals surface area contributed by atoms with Crippen molar-refractivity contribution in [3.8, 4) is 11.8 Å². The van der Waals surface area contributed by atoms with Gasteiger partial charge in [0.1, 0.15) is 5.82 Å². The Kier molecular flexibility index (Phi) is 3.08. The predicted octanol–water partition coefficient (Wildman–Crippen LogP) is 1.21. The van der Waals surface area contributed by atoms with Crippen LogP contribution < -0.4 is 16.2 Å². The third-order valence-corrected chi connectivity index (χ3v) is 1.70. The molecular formula is C8H7F3N4O. The standard InChI is InChI=1S/C8H7F3N4O/c9-8(10,11)16-5-3-15-7(14)6(13)4(5)1-2-12/h3H,1,13H2,(H2,14,15). The molecule has 1 rings (SSSR count). The van der Waals surface area contributed by atoms with Crippen molar-refractivity contribution in [2.75, 3.05) is 11.5 Å². The molecule has 0 atom stereocenters. The van der Waals surface area contributed by atoms with Gasteiger partial charge in [0.15, 0.2) is 5.75 Å². The molecule has 16 heavy (non-hydrogen) atoms. The third-order valence-electron chi connectivity index (χ3n) is 1.70.